The normalized spacial score (nSPS) is 17.8. The second kappa shape index (κ2) is 9.47. The minimum absolute atomic E-state index is 0.0290. The molecule has 2 aromatic rings. The first-order chi connectivity index (χ1) is 16.5. The molecule has 3 N–H and O–H groups in total. The fraction of sp³-hybridized carbons (Fsp3) is 0.417. The number of hydrogen-bond donors (Lipinski definition) is 3. The average molecular weight is 501 g/mol. The fourth-order valence-electron chi connectivity index (χ4n) is 4.17. The van der Waals surface area contributed by atoms with Crippen molar-refractivity contribution in [1.82, 2.24) is 19.8 Å². The molecule has 0 saturated carbocycles. The molecule has 2 aliphatic heterocycles. The first-order valence-electron chi connectivity index (χ1n) is 11.2. The predicted molar refractivity (Wildman–Crippen MR) is 127 cm³/mol. The molecule has 10 nitrogen and oxygen atoms in total. The molecule has 1 saturated heterocycles. The fourth-order valence-corrected chi connectivity index (χ4v) is 5.01. The Kier molecular flexibility index (Phi) is 6.75. The number of aliphatic hydroxyl groups excluding tert-OH is 1. The first kappa shape index (κ1) is 24.9. The molecule has 0 unspecified atom stereocenters. The van der Waals surface area contributed by atoms with Gasteiger partial charge < -0.3 is 10.0 Å². The predicted octanol–water partition coefficient (Wildman–Crippen LogP) is 0.547. The van der Waals surface area contributed by atoms with Crippen molar-refractivity contribution < 1.29 is 28.3 Å². The Labute approximate surface area is 204 Å². The van der Waals surface area contributed by atoms with Crippen LogP contribution in [-0.2, 0) is 27.7 Å². The smallest absolute Gasteiger partial charge is 0.328 e. The molecule has 0 bridgehead atoms. The summed E-state index contributed by atoms with van der Waals surface area (Å²) in [5.41, 5.74) is 4.82. The van der Waals surface area contributed by atoms with Crippen LogP contribution in [0.15, 0.2) is 36.5 Å². The van der Waals surface area contributed by atoms with E-state index >= 15 is 0 Å². The summed E-state index contributed by atoms with van der Waals surface area (Å²) < 4.78 is 23.9. The van der Waals surface area contributed by atoms with Crippen molar-refractivity contribution in [2.45, 2.75) is 37.3 Å². The number of benzene rings is 1. The van der Waals surface area contributed by atoms with E-state index in [4.69, 9.17) is 5.21 Å². The zero-order chi connectivity index (χ0) is 25.4. The van der Waals surface area contributed by atoms with Gasteiger partial charge in [0.1, 0.15) is 0 Å². The highest BCUT2D eigenvalue weighted by Gasteiger charge is 2.44. The zero-order valence-electron chi connectivity index (χ0n) is 19.6. The molecule has 3 heterocycles. The van der Waals surface area contributed by atoms with Gasteiger partial charge in [0.05, 0.1) is 12.6 Å². The van der Waals surface area contributed by atoms with Crippen LogP contribution < -0.4 is 5.48 Å². The molecule has 11 heteroatoms. The number of carbonyl (C=O) groups excluding carboxylic acids is 2. The van der Waals surface area contributed by atoms with Crippen molar-refractivity contribution in [3.05, 3.63) is 58.9 Å². The molecule has 35 heavy (non-hydrogen) atoms. The summed E-state index contributed by atoms with van der Waals surface area (Å²) >= 11 is 0. The molecule has 4 rings (SSSR count). The van der Waals surface area contributed by atoms with Crippen molar-refractivity contribution in [3.63, 3.8) is 0 Å². The number of fused-ring (bicyclic) bond motifs is 1. The van der Waals surface area contributed by atoms with Crippen molar-refractivity contribution in [2.24, 2.45) is 0 Å². The third kappa shape index (κ3) is 5.11. The van der Waals surface area contributed by atoms with Crippen molar-refractivity contribution in [3.8, 4) is 11.8 Å². The van der Waals surface area contributed by atoms with Gasteiger partial charge in [-0.2, -0.15) is 0 Å². The van der Waals surface area contributed by atoms with Crippen LogP contribution in [0.25, 0.3) is 0 Å². The number of aliphatic hydroxyl groups is 1. The van der Waals surface area contributed by atoms with E-state index in [1.165, 1.54) is 21.9 Å². The monoisotopic (exact) mass is 500 g/mol. The molecular weight excluding hydrogens is 472 g/mol. The van der Waals surface area contributed by atoms with Gasteiger partial charge >= 0.3 is 6.03 Å². The first-order valence-corrected chi connectivity index (χ1v) is 13.1. The van der Waals surface area contributed by atoms with E-state index in [0.717, 1.165) is 29.6 Å². The molecule has 0 spiro atoms. The Morgan fingerprint density at radius 3 is 2.43 bits per heavy atom. The van der Waals surface area contributed by atoms with Gasteiger partial charge in [-0.25, -0.2) is 18.7 Å². The molecule has 1 aromatic heterocycles. The van der Waals surface area contributed by atoms with Crippen LogP contribution in [0.1, 0.15) is 35.7 Å². The lowest BCUT2D eigenvalue weighted by atomic mass is 10.1. The van der Waals surface area contributed by atoms with Gasteiger partial charge in [-0.05, 0) is 37.1 Å². The average Bonchev–Trinajstić information content (AvgIpc) is 3.33. The van der Waals surface area contributed by atoms with Gasteiger partial charge in [0.15, 0.2) is 14.6 Å². The Morgan fingerprint density at radius 2 is 1.86 bits per heavy atom. The van der Waals surface area contributed by atoms with Crippen LogP contribution in [0.4, 0.5) is 4.79 Å². The van der Waals surface area contributed by atoms with Crippen LogP contribution in [0, 0.1) is 11.8 Å². The van der Waals surface area contributed by atoms with Gasteiger partial charge in [-0.1, -0.05) is 24.0 Å². The number of hydroxylamine groups is 1. The number of hydrogen-bond acceptors (Lipinski definition) is 7. The Balaban J connectivity index is 1.37. The molecule has 2 amide bonds. The lowest BCUT2D eigenvalue weighted by molar-refractivity contribution is -0.131. The second-order valence-electron chi connectivity index (χ2n) is 9.28. The summed E-state index contributed by atoms with van der Waals surface area (Å²) in [6.07, 6.45) is 2.19. The van der Waals surface area contributed by atoms with Gasteiger partial charge in [-0.15, -0.1) is 0 Å². The quantitative estimate of drug-likeness (QED) is 0.287. The van der Waals surface area contributed by atoms with Crippen LogP contribution in [-0.4, -0.2) is 81.8 Å². The number of nitrogens with zero attached hydrogens (tertiary/aromatic N) is 3. The summed E-state index contributed by atoms with van der Waals surface area (Å²) in [6.45, 7) is 3.72. The minimum atomic E-state index is -3.84. The Bertz CT molecular complexity index is 1300. The Hall–Kier alpha value is -3.17. The number of amides is 2. The minimum Gasteiger partial charge on any atom is -0.390 e. The van der Waals surface area contributed by atoms with Gasteiger partial charge in [-0.3, -0.25) is 19.5 Å². The third-order valence-corrected chi connectivity index (χ3v) is 8.66. The number of likely N-dealkylation sites (tertiary alicyclic amines) is 1. The SMILES string of the molecule is C[C@@](CCN1Cc2cc(C#Cc3ccc(CN4CC(O)C4)cc3)cn2C1=O)(C(=O)NO)S(C)(=O)=O. The molecule has 1 atom stereocenters. The van der Waals surface area contributed by atoms with E-state index in [1.807, 2.05) is 30.3 Å². The maximum atomic E-state index is 12.8. The third-order valence-electron chi connectivity index (χ3n) is 6.64. The molecule has 2 aliphatic rings. The van der Waals surface area contributed by atoms with Crippen LogP contribution in [0.5, 0.6) is 0 Å². The lowest BCUT2D eigenvalue weighted by Gasteiger charge is -2.35. The summed E-state index contributed by atoms with van der Waals surface area (Å²) in [4.78, 5) is 28.4. The van der Waals surface area contributed by atoms with Crippen LogP contribution in [0.3, 0.4) is 0 Å². The molecule has 186 valence electrons. The number of nitrogens with one attached hydrogen (secondary N) is 1. The highest BCUT2D eigenvalue weighted by atomic mass is 32.2. The van der Waals surface area contributed by atoms with E-state index in [9.17, 15) is 23.1 Å². The maximum Gasteiger partial charge on any atom is 0.328 e. The molecule has 0 radical (unpaired) electrons. The summed E-state index contributed by atoms with van der Waals surface area (Å²) in [7, 11) is -3.84. The summed E-state index contributed by atoms with van der Waals surface area (Å²) in [5.74, 6) is 5.13. The number of β-amino-alcohol motifs (C(OH)–C–C–N with tert-alkyl or cyclic N) is 1. The molecule has 1 aromatic carbocycles. The van der Waals surface area contributed by atoms with Gasteiger partial charge in [0.2, 0.25) is 0 Å². The summed E-state index contributed by atoms with van der Waals surface area (Å²) in [5, 5.41) is 18.3. The highest BCUT2D eigenvalue weighted by molar-refractivity contribution is 7.92. The van der Waals surface area contributed by atoms with Crippen molar-refractivity contribution >= 4 is 21.8 Å². The Morgan fingerprint density at radius 1 is 1.20 bits per heavy atom. The maximum absolute atomic E-state index is 12.8. The van der Waals surface area contributed by atoms with Crippen molar-refractivity contribution in [1.29, 1.82) is 0 Å². The highest BCUT2D eigenvalue weighted by Crippen LogP contribution is 2.25. The van der Waals surface area contributed by atoms with E-state index in [1.54, 1.807) is 6.20 Å². The molecular formula is C24H28N4O6S. The van der Waals surface area contributed by atoms with Crippen LogP contribution >= 0.6 is 0 Å². The van der Waals surface area contributed by atoms with E-state index in [0.29, 0.717) is 18.7 Å². The zero-order valence-corrected chi connectivity index (χ0v) is 20.4. The number of aromatic nitrogens is 1. The number of sulfone groups is 1. The number of rotatable bonds is 7. The standard InChI is InChI=1S/C24H28N4O6S/c1-24(22(30)25-32,35(2,33)34)9-10-27-14-20-11-19(13-28(20)23(27)31)8-5-17-3-6-18(7-4-17)12-26-15-21(29)16-26/h3-4,6-7,11,13,21,29,32H,9-10,12,14-16H2,1-2H3,(H,25,30)/t24-/m1/s1. The second-order valence-corrected chi connectivity index (χ2v) is 11.7. The molecule has 0 aliphatic carbocycles. The summed E-state index contributed by atoms with van der Waals surface area (Å²) in [6, 6.07) is 9.39. The van der Waals surface area contributed by atoms with E-state index in [2.05, 4.69) is 16.7 Å². The van der Waals surface area contributed by atoms with Crippen molar-refractivity contribution in [2.75, 3.05) is 25.9 Å². The van der Waals surface area contributed by atoms with E-state index < -0.39 is 20.5 Å². The lowest BCUT2D eigenvalue weighted by Crippen LogP contribution is -2.50. The van der Waals surface area contributed by atoms with E-state index in [-0.39, 0.29) is 31.6 Å². The topological polar surface area (TPSA) is 132 Å². The van der Waals surface area contributed by atoms with Gasteiger partial charge in [0, 0.05) is 55.5 Å². The largest absolute Gasteiger partial charge is 0.390 e. The number of carbonyl (C=O) groups is 2. The van der Waals surface area contributed by atoms with Gasteiger partial charge in [0.25, 0.3) is 5.91 Å². The molecule has 1 fully saturated rings. The van der Waals surface area contributed by atoms with Crippen LogP contribution in [0.2, 0.25) is 0 Å².